The quantitative estimate of drug-likeness (QED) is 0.773. The van der Waals surface area contributed by atoms with Gasteiger partial charge >= 0.3 is 0 Å². The summed E-state index contributed by atoms with van der Waals surface area (Å²) < 4.78 is 0. The number of pyridine rings is 1. The van der Waals surface area contributed by atoms with Gasteiger partial charge in [0.15, 0.2) is 0 Å². The molecule has 2 heterocycles. The molecule has 0 aliphatic heterocycles. The molecule has 2 aromatic heterocycles. The van der Waals surface area contributed by atoms with E-state index in [0.29, 0.717) is 18.6 Å². The van der Waals surface area contributed by atoms with Crippen LogP contribution in [0.25, 0.3) is 17.1 Å². The molecule has 0 radical (unpaired) electrons. The van der Waals surface area contributed by atoms with Crippen LogP contribution < -0.4 is 5.32 Å². The summed E-state index contributed by atoms with van der Waals surface area (Å²) >= 11 is 0. The highest BCUT2D eigenvalue weighted by atomic mass is 16.1. The molecule has 0 spiro atoms. The molecule has 0 aliphatic carbocycles. The van der Waals surface area contributed by atoms with E-state index in [-0.39, 0.29) is 5.91 Å². The highest BCUT2D eigenvalue weighted by Gasteiger charge is 2.12. The lowest BCUT2D eigenvalue weighted by Gasteiger charge is -2.30. The molecule has 0 saturated heterocycles. The van der Waals surface area contributed by atoms with Crippen LogP contribution in [0, 0.1) is 0 Å². The summed E-state index contributed by atoms with van der Waals surface area (Å²) in [5.41, 5.74) is 1.80. The van der Waals surface area contributed by atoms with Crippen LogP contribution in [0.3, 0.4) is 0 Å². The zero-order chi connectivity index (χ0) is 16.8. The number of nitrogens with zero attached hydrogens (tertiary/aromatic N) is 2. The SMILES string of the molecule is CC(C)N(CCNC(=O)C=Cc1c[nH]c2ncccc12)C(C)C. The second-order valence-electron chi connectivity index (χ2n) is 6.19. The molecule has 0 aliphatic rings. The first kappa shape index (κ1) is 17.2. The molecular weight excluding hydrogens is 288 g/mol. The lowest BCUT2D eigenvalue weighted by Crippen LogP contribution is -2.42. The Kier molecular flexibility index (Phi) is 5.93. The third-order valence-corrected chi connectivity index (χ3v) is 3.89. The van der Waals surface area contributed by atoms with E-state index in [9.17, 15) is 4.79 Å². The summed E-state index contributed by atoms with van der Waals surface area (Å²) in [7, 11) is 0. The average Bonchev–Trinajstić information content (AvgIpc) is 2.92. The summed E-state index contributed by atoms with van der Waals surface area (Å²) in [6.07, 6.45) is 7.00. The monoisotopic (exact) mass is 314 g/mol. The van der Waals surface area contributed by atoms with E-state index < -0.39 is 0 Å². The van der Waals surface area contributed by atoms with Crippen molar-refractivity contribution in [1.29, 1.82) is 0 Å². The first-order chi connectivity index (χ1) is 11.0. The number of nitrogens with one attached hydrogen (secondary N) is 2. The third kappa shape index (κ3) is 4.66. The van der Waals surface area contributed by atoms with Crippen molar-refractivity contribution in [2.45, 2.75) is 39.8 Å². The van der Waals surface area contributed by atoms with Gasteiger partial charge in [-0.2, -0.15) is 0 Å². The average molecular weight is 314 g/mol. The second kappa shape index (κ2) is 7.92. The minimum Gasteiger partial charge on any atom is -0.351 e. The number of fused-ring (bicyclic) bond motifs is 1. The summed E-state index contributed by atoms with van der Waals surface area (Å²) in [5.74, 6) is -0.0734. The third-order valence-electron chi connectivity index (χ3n) is 3.89. The molecule has 1 amide bonds. The lowest BCUT2D eigenvalue weighted by molar-refractivity contribution is -0.116. The number of rotatable bonds is 7. The van der Waals surface area contributed by atoms with Crippen LogP contribution in [0.2, 0.25) is 0 Å². The molecule has 0 saturated carbocycles. The molecule has 0 atom stereocenters. The number of hydrogen-bond donors (Lipinski definition) is 2. The zero-order valence-electron chi connectivity index (χ0n) is 14.3. The Bertz CT molecular complexity index is 664. The number of aromatic nitrogens is 2. The van der Waals surface area contributed by atoms with E-state index in [2.05, 4.69) is 47.9 Å². The van der Waals surface area contributed by atoms with Crippen LogP contribution in [-0.4, -0.2) is 45.9 Å². The maximum atomic E-state index is 12.0. The largest absolute Gasteiger partial charge is 0.351 e. The van der Waals surface area contributed by atoms with E-state index >= 15 is 0 Å². The Morgan fingerprint density at radius 2 is 2.09 bits per heavy atom. The first-order valence-corrected chi connectivity index (χ1v) is 8.12. The van der Waals surface area contributed by atoms with Crippen molar-refractivity contribution in [3.8, 4) is 0 Å². The summed E-state index contributed by atoms with van der Waals surface area (Å²) in [5, 5.41) is 3.96. The van der Waals surface area contributed by atoms with Gasteiger partial charge in [-0.05, 0) is 45.9 Å². The predicted molar refractivity (Wildman–Crippen MR) is 95.1 cm³/mol. The second-order valence-corrected chi connectivity index (χ2v) is 6.19. The van der Waals surface area contributed by atoms with E-state index in [4.69, 9.17) is 0 Å². The van der Waals surface area contributed by atoms with Crippen LogP contribution in [-0.2, 0) is 4.79 Å². The van der Waals surface area contributed by atoms with Crippen molar-refractivity contribution in [1.82, 2.24) is 20.2 Å². The minimum absolute atomic E-state index is 0.0734. The number of hydrogen-bond acceptors (Lipinski definition) is 3. The molecule has 0 bridgehead atoms. The Labute approximate surface area is 137 Å². The Morgan fingerprint density at radius 1 is 1.35 bits per heavy atom. The molecule has 0 fully saturated rings. The maximum absolute atomic E-state index is 12.0. The highest BCUT2D eigenvalue weighted by molar-refractivity contribution is 5.95. The zero-order valence-corrected chi connectivity index (χ0v) is 14.3. The molecule has 0 aromatic carbocycles. The number of amides is 1. The van der Waals surface area contributed by atoms with E-state index in [0.717, 1.165) is 23.1 Å². The normalized spacial score (nSPS) is 12.1. The molecule has 5 nitrogen and oxygen atoms in total. The van der Waals surface area contributed by atoms with Crippen LogP contribution in [0.1, 0.15) is 33.3 Å². The Hall–Kier alpha value is -2.14. The Morgan fingerprint density at radius 3 is 2.78 bits per heavy atom. The predicted octanol–water partition coefficient (Wildman–Crippen LogP) is 2.81. The van der Waals surface area contributed by atoms with Gasteiger partial charge < -0.3 is 10.3 Å². The lowest BCUT2D eigenvalue weighted by atomic mass is 10.2. The molecule has 23 heavy (non-hydrogen) atoms. The highest BCUT2D eigenvalue weighted by Crippen LogP contribution is 2.16. The van der Waals surface area contributed by atoms with Gasteiger partial charge in [-0.3, -0.25) is 9.69 Å². The molecule has 2 N–H and O–H groups in total. The number of H-pyrrole nitrogens is 1. The molecule has 2 aromatic rings. The number of aromatic amines is 1. The van der Waals surface area contributed by atoms with Gasteiger partial charge in [0.25, 0.3) is 0 Å². The van der Waals surface area contributed by atoms with Gasteiger partial charge in [-0.15, -0.1) is 0 Å². The standard InChI is InChI=1S/C18H26N4O/c1-13(2)22(14(3)4)11-10-19-17(23)8-7-15-12-21-18-16(15)6-5-9-20-18/h5-9,12-14H,10-11H2,1-4H3,(H,19,23)(H,20,21). The van der Waals surface area contributed by atoms with Crippen LogP contribution >= 0.6 is 0 Å². The summed E-state index contributed by atoms with van der Waals surface area (Å²) in [6, 6.07) is 4.82. The van der Waals surface area contributed by atoms with Crippen molar-refractivity contribution in [3.05, 3.63) is 36.2 Å². The van der Waals surface area contributed by atoms with Gasteiger partial charge in [-0.1, -0.05) is 0 Å². The molecule has 0 unspecified atom stereocenters. The van der Waals surface area contributed by atoms with Crippen molar-refractivity contribution < 1.29 is 4.79 Å². The number of carbonyl (C=O) groups is 1. The van der Waals surface area contributed by atoms with Crippen molar-refractivity contribution in [2.75, 3.05) is 13.1 Å². The topological polar surface area (TPSA) is 61.0 Å². The van der Waals surface area contributed by atoms with Gasteiger partial charge in [0.1, 0.15) is 5.65 Å². The van der Waals surface area contributed by atoms with Gasteiger partial charge in [0.05, 0.1) is 0 Å². The maximum Gasteiger partial charge on any atom is 0.244 e. The molecule has 2 rings (SSSR count). The van der Waals surface area contributed by atoms with E-state index in [1.165, 1.54) is 0 Å². The fourth-order valence-corrected chi connectivity index (χ4v) is 2.76. The van der Waals surface area contributed by atoms with Gasteiger partial charge in [0, 0.05) is 54.6 Å². The van der Waals surface area contributed by atoms with E-state index in [1.54, 1.807) is 12.3 Å². The summed E-state index contributed by atoms with van der Waals surface area (Å²) in [4.78, 5) is 21.6. The number of carbonyl (C=O) groups excluding carboxylic acids is 1. The summed E-state index contributed by atoms with van der Waals surface area (Å²) in [6.45, 7) is 10.2. The molecular formula is C18H26N4O. The first-order valence-electron chi connectivity index (χ1n) is 8.12. The van der Waals surface area contributed by atoms with Crippen LogP contribution in [0.5, 0.6) is 0 Å². The smallest absolute Gasteiger partial charge is 0.244 e. The molecule has 124 valence electrons. The fourth-order valence-electron chi connectivity index (χ4n) is 2.76. The van der Waals surface area contributed by atoms with Crippen molar-refractivity contribution in [2.24, 2.45) is 0 Å². The van der Waals surface area contributed by atoms with Crippen molar-refractivity contribution in [3.63, 3.8) is 0 Å². The fraction of sp³-hybridized carbons (Fsp3) is 0.444. The van der Waals surface area contributed by atoms with Crippen LogP contribution in [0.15, 0.2) is 30.6 Å². The van der Waals surface area contributed by atoms with E-state index in [1.807, 2.05) is 24.4 Å². The van der Waals surface area contributed by atoms with Crippen LogP contribution in [0.4, 0.5) is 0 Å². The minimum atomic E-state index is -0.0734. The Balaban J connectivity index is 1.87. The molecule has 5 heteroatoms. The van der Waals surface area contributed by atoms with Crippen molar-refractivity contribution >= 4 is 23.0 Å². The van der Waals surface area contributed by atoms with Gasteiger partial charge in [-0.25, -0.2) is 4.98 Å². The van der Waals surface area contributed by atoms with Gasteiger partial charge in [0.2, 0.25) is 5.91 Å².